The lowest BCUT2D eigenvalue weighted by atomic mass is 9.75. The van der Waals surface area contributed by atoms with Gasteiger partial charge >= 0.3 is 0 Å². The number of benzene rings is 2. The number of nitrogens with one attached hydrogen (secondary N) is 1. The third-order valence-corrected chi connectivity index (χ3v) is 5.43. The van der Waals surface area contributed by atoms with Gasteiger partial charge in [-0.1, -0.05) is 48.0 Å². The molecule has 0 amide bonds. The summed E-state index contributed by atoms with van der Waals surface area (Å²) in [6.07, 6.45) is 5.88. The van der Waals surface area contributed by atoms with Crippen molar-refractivity contribution in [3.8, 4) is 0 Å². The van der Waals surface area contributed by atoms with Gasteiger partial charge in [0.1, 0.15) is 0 Å². The third-order valence-electron chi connectivity index (χ3n) is 5.18. The highest BCUT2D eigenvalue weighted by atomic mass is 35.5. The summed E-state index contributed by atoms with van der Waals surface area (Å²) < 4.78 is 0. The molecule has 3 atom stereocenters. The van der Waals surface area contributed by atoms with Crippen molar-refractivity contribution in [2.75, 3.05) is 5.32 Å². The molecule has 1 aliphatic carbocycles. The summed E-state index contributed by atoms with van der Waals surface area (Å²) in [5.41, 5.74) is 6.87. The maximum Gasteiger partial charge on any atom is 0.0554 e. The van der Waals surface area contributed by atoms with Crippen LogP contribution in [0.5, 0.6) is 0 Å². The highest BCUT2D eigenvalue weighted by Gasteiger charge is 2.39. The molecule has 0 spiro atoms. The third kappa shape index (κ3) is 2.07. The van der Waals surface area contributed by atoms with Crippen molar-refractivity contribution in [1.29, 1.82) is 0 Å². The molecule has 0 saturated heterocycles. The van der Waals surface area contributed by atoms with Gasteiger partial charge in [-0.15, -0.1) is 0 Å². The van der Waals surface area contributed by atoms with Gasteiger partial charge in [0.05, 0.1) is 6.04 Å². The SMILES string of the molecule is Cc1ccc(C)c2c1N[C@H](c1ccc(Cl)cc1)[C@H]1CC=C[C@@H]21. The number of hydrogen-bond acceptors (Lipinski definition) is 1. The Morgan fingerprint density at radius 1 is 1.00 bits per heavy atom. The van der Waals surface area contributed by atoms with Crippen molar-refractivity contribution in [1.82, 2.24) is 0 Å². The van der Waals surface area contributed by atoms with Crippen LogP contribution < -0.4 is 5.32 Å². The topological polar surface area (TPSA) is 12.0 Å². The molecule has 4 rings (SSSR count). The highest BCUT2D eigenvalue weighted by Crippen LogP contribution is 2.51. The smallest absolute Gasteiger partial charge is 0.0554 e. The lowest BCUT2D eigenvalue weighted by molar-refractivity contribution is 0.424. The predicted molar refractivity (Wildman–Crippen MR) is 93.7 cm³/mol. The predicted octanol–water partition coefficient (Wildman–Crippen LogP) is 5.78. The average Bonchev–Trinajstić information content (AvgIpc) is 3.00. The molecular formula is C20H20ClN. The summed E-state index contributed by atoms with van der Waals surface area (Å²) in [5, 5.41) is 4.63. The Kier molecular flexibility index (Phi) is 3.27. The maximum atomic E-state index is 6.06. The normalized spacial score (nSPS) is 25.5. The quantitative estimate of drug-likeness (QED) is 0.658. The average molecular weight is 310 g/mol. The van der Waals surface area contributed by atoms with E-state index in [1.54, 1.807) is 0 Å². The van der Waals surface area contributed by atoms with Gasteiger partial charge in [-0.25, -0.2) is 0 Å². The minimum Gasteiger partial charge on any atom is -0.377 e. The summed E-state index contributed by atoms with van der Waals surface area (Å²) >= 11 is 6.06. The molecule has 2 aliphatic rings. The van der Waals surface area contributed by atoms with Crippen LogP contribution in [0.15, 0.2) is 48.6 Å². The number of rotatable bonds is 1. The van der Waals surface area contributed by atoms with Gasteiger partial charge in [-0.05, 0) is 60.6 Å². The molecule has 0 aromatic heterocycles. The van der Waals surface area contributed by atoms with Gasteiger partial charge in [0.25, 0.3) is 0 Å². The molecule has 0 fully saturated rings. The zero-order valence-electron chi connectivity index (χ0n) is 12.9. The van der Waals surface area contributed by atoms with E-state index in [0.29, 0.717) is 17.9 Å². The molecule has 0 radical (unpaired) electrons. The first kappa shape index (κ1) is 13.9. The molecule has 1 aliphatic heterocycles. The second-order valence-corrected chi connectivity index (χ2v) is 6.95. The first-order valence-electron chi connectivity index (χ1n) is 7.94. The van der Waals surface area contributed by atoms with Gasteiger partial charge in [-0.2, -0.15) is 0 Å². The molecule has 22 heavy (non-hydrogen) atoms. The molecule has 0 bridgehead atoms. The van der Waals surface area contributed by atoms with E-state index < -0.39 is 0 Å². The van der Waals surface area contributed by atoms with Gasteiger partial charge in [0, 0.05) is 16.6 Å². The molecule has 0 saturated carbocycles. The zero-order valence-corrected chi connectivity index (χ0v) is 13.7. The van der Waals surface area contributed by atoms with E-state index in [4.69, 9.17) is 11.6 Å². The largest absolute Gasteiger partial charge is 0.377 e. The Morgan fingerprint density at radius 3 is 2.50 bits per heavy atom. The van der Waals surface area contributed by atoms with Crippen molar-refractivity contribution in [2.24, 2.45) is 5.92 Å². The van der Waals surface area contributed by atoms with Crippen LogP contribution in [0.4, 0.5) is 5.69 Å². The molecule has 0 unspecified atom stereocenters. The van der Waals surface area contributed by atoms with E-state index in [9.17, 15) is 0 Å². The molecule has 2 heteroatoms. The van der Waals surface area contributed by atoms with Crippen LogP contribution in [0.25, 0.3) is 0 Å². The van der Waals surface area contributed by atoms with E-state index in [1.165, 1.54) is 27.9 Å². The van der Waals surface area contributed by atoms with Crippen LogP contribution in [0.3, 0.4) is 0 Å². The minimum absolute atomic E-state index is 0.352. The molecule has 2 aromatic rings. The van der Waals surface area contributed by atoms with Gasteiger partial charge in [0.2, 0.25) is 0 Å². The van der Waals surface area contributed by atoms with Crippen molar-refractivity contribution in [3.63, 3.8) is 0 Å². The Balaban J connectivity index is 1.84. The van der Waals surface area contributed by atoms with Crippen LogP contribution in [-0.2, 0) is 0 Å². The fraction of sp³-hybridized carbons (Fsp3) is 0.300. The summed E-state index contributed by atoms with van der Waals surface area (Å²) in [6, 6.07) is 13.1. The molecule has 1 N–H and O–H groups in total. The van der Waals surface area contributed by atoms with Gasteiger partial charge in [0.15, 0.2) is 0 Å². The summed E-state index contributed by atoms with van der Waals surface area (Å²) in [7, 11) is 0. The van der Waals surface area contributed by atoms with E-state index >= 15 is 0 Å². The van der Waals surface area contributed by atoms with Crippen LogP contribution in [0, 0.1) is 19.8 Å². The number of fused-ring (bicyclic) bond motifs is 3. The van der Waals surface area contributed by atoms with Crippen molar-refractivity contribution >= 4 is 17.3 Å². The van der Waals surface area contributed by atoms with Crippen molar-refractivity contribution < 1.29 is 0 Å². The number of aryl methyl sites for hydroxylation is 2. The Labute approximate surface area is 137 Å². The first-order chi connectivity index (χ1) is 10.6. The van der Waals surface area contributed by atoms with Crippen LogP contribution >= 0.6 is 11.6 Å². The standard InChI is InChI=1S/C20H20ClN/c1-12-6-7-13(2)19-18(12)16-4-3-5-17(16)20(22-19)14-8-10-15(21)11-9-14/h3-4,6-11,16-17,20,22H,5H2,1-2H3/t16-,17+,20-/m1/s1. The number of anilines is 1. The number of halogens is 1. The molecular weight excluding hydrogens is 290 g/mol. The molecule has 1 heterocycles. The van der Waals surface area contributed by atoms with Crippen molar-refractivity contribution in [3.05, 3.63) is 75.8 Å². The van der Waals surface area contributed by atoms with E-state index in [1.807, 2.05) is 12.1 Å². The maximum absolute atomic E-state index is 6.06. The minimum atomic E-state index is 0.352. The van der Waals surface area contributed by atoms with Crippen LogP contribution in [0.1, 0.15) is 40.6 Å². The van der Waals surface area contributed by atoms with E-state index in [0.717, 1.165) is 11.4 Å². The molecule has 112 valence electrons. The number of allylic oxidation sites excluding steroid dienone is 2. The van der Waals surface area contributed by atoms with E-state index in [2.05, 4.69) is 55.6 Å². The lowest BCUT2D eigenvalue weighted by Crippen LogP contribution is -2.30. The second-order valence-electron chi connectivity index (χ2n) is 6.52. The summed E-state index contributed by atoms with van der Waals surface area (Å²) in [5.74, 6) is 1.12. The zero-order chi connectivity index (χ0) is 15.3. The Hall–Kier alpha value is -1.73. The fourth-order valence-electron chi connectivity index (χ4n) is 4.04. The Morgan fingerprint density at radius 2 is 1.73 bits per heavy atom. The summed E-state index contributed by atoms with van der Waals surface area (Å²) in [4.78, 5) is 0. The monoisotopic (exact) mass is 309 g/mol. The summed E-state index contributed by atoms with van der Waals surface area (Å²) in [6.45, 7) is 4.43. The van der Waals surface area contributed by atoms with Gasteiger partial charge in [-0.3, -0.25) is 0 Å². The van der Waals surface area contributed by atoms with Crippen molar-refractivity contribution in [2.45, 2.75) is 32.2 Å². The first-order valence-corrected chi connectivity index (χ1v) is 8.31. The Bertz CT molecular complexity index is 745. The fourth-order valence-corrected chi connectivity index (χ4v) is 4.17. The lowest BCUT2D eigenvalue weighted by Gasteiger charge is -2.39. The van der Waals surface area contributed by atoms with Gasteiger partial charge < -0.3 is 5.32 Å². The van der Waals surface area contributed by atoms with E-state index in [-0.39, 0.29) is 0 Å². The molecule has 1 nitrogen and oxygen atoms in total. The van der Waals surface area contributed by atoms with Crippen LogP contribution in [0.2, 0.25) is 5.02 Å². The number of hydrogen-bond donors (Lipinski definition) is 1. The van der Waals surface area contributed by atoms with Crippen LogP contribution in [-0.4, -0.2) is 0 Å². The second kappa shape index (κ2) is 5.17. The molecule has 2 aromatic carbocycles. The highest BCUT2D eigenvalue weighted by molar-refractivity contribution is 6.30.